The molecule has 2 rings (SSSR count). The van der Waals surface area contributed by atoms with Gasteiger partial charge in [0.1, 0.15) is 0 Å². The van der Waals surface area contributed by atoms with E-state index in [-0.39, 0.29) is 10.1 Å². The Bertz CT molecular complexity index is 707. The molecule has 5 nitrogen and oxygen atoms in total. The van der Waals surface area contributed by atoms with Crippen molar-refractivity contribution in [2.24, 2.45) is 0 Å². The van der Waals surface area contributed by atoms with Gasteiger partial charge >= 0.3 is 0 Å². The number of anilines is 1. The Morgan fingerprint density at radius 3 is 2.25 bits per heavy atom. The van der Waals surface area contributed by atoms with Crippen molar-refractivity contribution in [2.45, 2.75) is 42.8 Å². The van der Waals surface area contributed by atoms with Gasteiger partial charge in [0.15, 0.2) is 0 Å². The lowest BCUT2D eigenvalue weighted by Crippen LogP contribution is -2.25. The van der Waals surface area contributed by atoms with Crippen molar-refractivity contribution < 1.29 is 16.8 Å². The smallest absolute Gasteiger partial charge is 0.261 e. The third kappa shape index (κ3) is 3.45. The third-order valence-electron chi connectivity index (χ3n) is 3.47. The van der Waals surface area contributed by atoms with Crippen molar-refractivity contribution in [3.63, 3.8) is 0 Å². The minimum absolute atomic E-state index is 0.0412. The summed E-state index contributed by atoms with van der Waals surface area (Å²) in [6.45, 7) is 1.64. The molecule has 0 aromatic heterocycles. The van der Waals surface area contributed by atoms with Gasteiger partial charge in [0.25, 0.3) is 9.05 Å². The number of rotatable bonds is 4. The van der Waals surface area contributed by atoms with Gasteiger partial charge in [0.2, 0.25) is 10.0 Å². The summed E-state index contributed by atoms with van der Waals surface area (Å²) in [7, 11) is -1.97. The van der Waals surface area contributed by atoms with E-state index >= 15 is 0 Å². The van der Waals surface area contributed by atoms with Crippen LogP contribution in [0.15, 0.2) is 23.1 Å². The van der Waals surface area contributed by atoms with Crippen molar-refractivity contribution in [3.8, 4) is 0 Å². The Kier molecular flexibility index (Phi) is 4.32. The topological polar surface area (TPSA) is 80.3 Å². The van der Waals surface area contributed by atoms with Crippen LogP contribution >= 0.6 is 10.7 Å². The molecule has 1 aliphatic carbocycles. The molecule has 1 aromatic carbocycles. The minimum Gasteiger partial charge on any atom is -0.283 e. The maximum absolute atomic E-state index is 12.2. The van der Waals surface area contributed by atoms with Crippen molar-refractivity contribution in [3.05, 3.63) is 23.8 Å². The van der Waals surface area contributed by atoms with Crippen LogP contribution in [-0.4, -0.2) is 22.1 Å². The molecule has 0 bridgehead atoms. The lowest BCUT2D eigenvalue weighted by molar-refractivity contribution is 0.585. The predicted octanol–water partition coefficient (Wildman–Crippen LogP) is 2.61. The fourth-order valence-corrected chi connectivity index (χ4v) is 4.83. The van der Waals surface area contributed by atoms with E-state index in [1.54, 1.807) is 6.92 Å². The Balaban J connectivity index is 2.26. The molecule has 8 heteroatoms. The molecule has 0 heterocycles. The van der Waals surface area contributed by atoms with Crippen molar-refractivity contribution in [1.82, 2.24) is 0 Å². The lowest BCUT2D eigenvalue weighted by atomic mass is 10.2. The summed E-state index contributed by atoms with van der Waals surface area (Å²) in [5, 5.41) is -0.363. The Labute approximate surface area is 123 Å². The van der Waals surface area contributed by atoms with E-state index < -0.39 is 19.1 Å². The molecule has 1 saturated carbocycles. The van der Waals surface area contributed by atoms with Crippen LogP contribution < -0.4 is 4.72 Å². The van der Waals surface area contributed by atoms with Crippen molar-refractivity contribution in [2.75, 3.05) is 4.72 Å². The third-order valence-corrected chi connectivity index (χ3v) is 6.68. The highest BCUT2D eigenvalue weighted by Crippen LogP contribution is 2.28. The molecular weight excluding hydrogens is 322 g/mol. The first-order valence-corrected chi connectivity index (χ1v) is 10.1. The number of nitrogens with one attached hydrogen (secondary N) is 1. The molecule has 0 unspecified atom stereocenters. The van der Waals surface area contributed by atoms with E-state index in [1.807, 2.05) is 0 Å². The SMILES string of the molecule is Cc1cc(S(=O)(=O)Cl)ccc1NS(=O)(=O)C1CCCC1. The van der Waals surface area contributed by atoms with Gasteiger partial charge < -0.3 is 0 Å². The molecule has 0 amide bonds. The summed E-state index contributed by atoms with van der Waals surface area (Å²) in [5.74, 6) is 0. The lowest BCUT2D eigenvalue weighted by Gasteiger charge is -2.15. The normalized spacial score (nSPS) is 17.3. The summed E-state index contributed by atoms with van der Waals surface area (Å²) >= 11 is 0. The van der Waals surface area contributed by atoms with Gasteiger partial charge in [0.05, 0.1) is 15.8 Å². The zero-order valence-corrected chi connectivity index (χ0v) is 13.4. The Morgan fingerprint density at radius 2 is 1.75 bits per heavy atom. The molecular formula is C12H16ClNO4S2. The summed E-state index contributed by atoms with van der Waals surface area (Å²) in [5.41, 5.74) is 0.911. The first-order valence-electron chi connectivity index (χ1n) is 6.27. The molecule has 1 aromatic rings. The zero-order valence-electron chi connectivity index (χ0n) is 11.0. The van der Waals surface area contributed by atoms with Crippen LogP contribution in [0.2, 0.25) is 0 Å². The second kappa shape index (κ2) is 5.54. The minimum atomic E-state index is -3.81. The van der Waals surface area contributed by atoms with Crippen molar-refractivity contribution >= 4 is 35.4 Å². The molecule has 0 saturated heterocycles. The van der Waals surface area contributed by atoms with Gasteiger partial charge in [-0.15, -0.1) is 0 Å². The highest BCUT2D eigenvalue weighted by molar-refractivity contribution is 8.13. The van der Waals surface area contributed by atoms with Crippen LogP contribution in [-0.2, 0) is 19.1 Å². The summed E-state index contributed by atoms with van der Waals surface area (Å²) in [4.78, 5) is -0.0412. The first kappa shape index (κ1) is 15.6. The van der Waals surface area contributed by atoms with Crippen LogP contribution in [0.4, 0.5) is 5.69 Å². The molecule has 112 valence electrons. The fourth-order valence-electron chi connectivity index (χ4n) is 2.34. The highest BCUT2D eigenvalue weighted by Gasteiger charge is 2.29. The highest BCUT2D eigenvalue weighted by atomic mass is 35.7. The van der Waals surface area contributed by atoms with Crippen LogP contribution in [0, 0.1) is 6.92 Å². The molecule has 0 atom stereocenters. The number of hydrogen-bond donors (Lipinski definition) is 1. The first-order chi connectivity index (χ1) is 9.20. The van der Waals surface area contributed by atoms with E-state index in [4.69, 9.17) is 10.7 Å². The quantitative estimate of drug-likeness (QED) is 0.856. The number of halogens is 1. The maximum atomic E-state index is 12.2. The largest absolute Gasteiger partial charge is 0.283 e. The van der Waals surface area contributed by atoms with E-state index in [9.17, 15) is 16.8 Å². The standard InChI is InChI=1S/C12H16ClNO4S2/c1-9-8-11(19(13,15)16)6-7-12(9)14-20(17,18)10-4-2-3-5-10/h6-8,10,14H,2-5H2,1H3. The second-order valence-electron chi connectivity index (χ2n) is 4.97. The number of hydrogen-bond acceptors (Lipinski definition) is 4. The van der Waals surface area contributed by atoms with E-state index in [2.05, 4.69) is 4.72 Å². The fraction of sp³-hybridized carbons (Fsp3) is 0.500. The average Bonchev–Trinajstić information content (AvgIpc) is 2.84. The van der Waals surface area contributed by atoms with Gasteiger partial charge in [-0.2, -0.15) is 0 Å². The Hall–Kier alpha value is -0.790. The number of aryl methyl sites for hydroxylation is 1. The Morgan fingerprint density at radius 1 is 1.15 bits per heavy atom. The van der Waals surface area contributed by atoms with Crippen LogP contribution in [0.25, 0.3) is 0 Å². The molecule has 0 aliphatic heterocycles. The monoisotopic (exact) mass is 337 g/mol. The molecule has 20 heavy (non-hydrogen) atoms. The summed E-state index contributed by atoms with van der Waals surface area (Å²) < 4.78 is 49.3. The van der Waals surface area contributed by atoms with Gasteiger partial charge in [0, 0.05) is 10.7 Å². The molecule has 1 aliphatic rings. The maximum Gasteiger partial charge on any atom is 0.261 e. The van der Waals surface area contributed by atoms with Crippen LogP contribution in [0.1, 0.15) is 31.2 Å². The second-order valence-corrected chi connectivity index (χ2v) is 9.49. The summed E-state index contributed by atoms with van der Waals surface area (Å²) in [6.07, 6.45) is 3.19. The van der Waals surface area contributed by atoms with Crippen molar-refractivity contribution in [1.29, 1.82) is 0 Å². The average molecular weight is 338 g/mol. The number of sulfonamides is 1. The van der Waals surface area contributed by atoms with Crippen LogP contribution in [0.3, 0.4) is 0 Å². The predicted molar refractivity (Wildman–Crippen MR) is 79.0 cm³/mol. The summed E-state index contributed by atoms with van der Waals surface area (Å²) in [6, 6.07) is 4.08. The number of benzene rings is 1. The van der Waals surface area contributed by atoms with E-state index in [0.29, 0.717) is 24.1 Å². The van der Waals surface area contributed by atoms with E-state index in [1.165, 1.54) is 18.2 Å². The van der Waals surface area contributed by atoms with Crippen LogP contribution in [0.5, 0.6) is 0 Å². The zero-order chi connectivity index (χ0) is 15.0. The van der Waals surface area contributed by atoms with Gasteiger partial charge in [-0.1, -0.05) is 12.8 Å². The van der Waals surface area contributed by atoms with Gasteiger partial charge in [-0.3, -0.25) is 4.72 Å². The molecule has 0 radical (unpaired) electrons. The molecule has 0 spiro atoms. The van der Waals surface area contributed by atoms with E-state index in [0.717, 1.165) is 12.8 Å². The molecule has 1 fully saturated rings. The van der Waals surface area contributed by atoms with Gasteiger partial charge in [-0.05, 0) is 43.5 Å². The van der Waals surface area contributed by atoms with Gasteiger partial charge in [-0.25, -0.2) is 16.8 Å². The molecule has 1 N–H and O–H groups in total.